The summed E-state index contributed by atoms with van der Waals surface area (Å²) in [6.45, 7) is 5.89. The Hall–Kier alpha value is -3.99. The van der Waals surface area contributed by atoms with Gasteiger partial charge in [-0.15, -0.1) is 0 Å². The van der Waals surface area contributed by atoms with E-state index in [9.17, 15) is 0 Å². The third-order valence-electron chi connectivity index (χ3n) is 7.12. The number of fused-ring (bicyclic) bond motifs is 1. The Morgan fingerprint density at radius 1 is 0.971 bits per heavy atom. The van der Waals surface area contributed by atoms with Gasteiger partial charge in [0.1, 0.15) is 6.26 Å². The lowest BCUT2D eigenvalue weighted by Crippen LogP contribution is -2.29. The van der Waals surface area contributed by atoms with Crippen molar-refractivity contribution in [1.82, 2.24) is 5.16 Å². The number of hydrogen-bond acceptors (Lipinski definition) is 5. The van der Waals surface area contributed by atoms with Crippen LogP contribution in [-0.4, -0.2) is 11.7 Å². The first kappa shape index (κ1) is 21.5. The molecular formula is C30H29N3O2. The third kappa shape index (κ3) is 3.97. The lowest BCUT2D eigenvalue weighted by atomic mass is 9.95. The highest BCUT2D eigenvalue weighted by Gasteiger charge is 2.30. The Bertz CT molecular complexity index is 1380. The number of para-hydroxylation sites is 1. The van der Waals surface area contributed by atoms with Gasteiger partial charge in [0.25, 0.3) is 0 Å². The van der Waals surface area contributed by atoms with Crippen molar-refractivity contribution in [2.24, 2.45) is 0 Å². The molecule has 1 atom stereocenters. The van der Waals surface area contributed by atoms with E-state index in [1.165, 1.54) is 34.4 Å². The fraction of sp³-hybridized carbons (Fsp3) is 0.233. The van der Waals surface area contributed by atoms with Crippen LogP contribution >= 0.6 is 0 Å². The molecule has 0 radical (unpaired) electrons. The molecule has 0 bridgehead atoms. The second kappa shape index (κ2) is 8.99. The predicted octanol–water partition coefficient (Wildman–Crippen LogP) is 6.92. The molecule has 0 saturated heterocycles. The standard InChI is InChI=1S/C30H29N3O2/c1-21-22(2)31-35-29(21)33-17-18-34-30(33)25-14-15-27(23-9-4-3-5-10-23)26(19-25)20-32-16-8-12-24-11-6-7-13-28(24)32/h3-7,9-11,13-15,17-19,30H,8,12,16,20H2,1-2H3. The molecule has 1 aromatic heterocycles. The van der Waals surface area contributed by atoms with Crippen LogP contribution in [0.5, 0.6) is 0 Å². The zero-order valence-electron chi connectivity index (χ0n) is 20.1. The highest BCUT2D eigenvalue weighted by atomic mass is 16.5. The Balaban J connectivity index is 1.40. The highest BCUT2D eigenvalue weighted by Crippen LogP contribution is 2.38. The number of nitrogens with zero attached hydrogens (tertiary/aromatic N) is 3. The molecule has 4 aromatic rings. The molecule has 35 heavy (non-hydrogen) atoms. The Morgan fingerprint density at radius 2 is 1.80 bits per heavy atom. The van der Waals surface area contributed by atoms with Gasteiger partial charge in [0, 0.05) is 36.1 Å². The molecule has 176 valence electrons. The maximum atomic E-state index is 6.06. The molecule has 3 aromatic carbocycles. The van der Waals surface area contributed by atoms with E-state index in [-0.39, 0.29) is 6.23 Å². The van der Waals surface area contributed by atoms with Crippen molar-refractivity contribution in [2.45, 2.75) is 39.5 Å². The lowest BCUT2D eigenvalue weighted by Gasteiger charge is -2.32. The number of anilines is 2. The molecule has 1 unspecified atom stereocenters. The average Bonchev–Trinajstić information content (AvgIpc) is 3.51. The van der Waals surface area contributed by atoms with Gasteiger partial charge in [-0.1, -0.05) is 65.8 Å². The van der Waals surface area contributed by atoms with Crippen molar-refractivity contribution in [2.75, 3.05) is 16.3 Å². The molecular weight excluding hydrogens is 434 g/mol. The molecule has 2 aliphatic heterocycles. The van der Waals surface area contributed by atoms with Crippen LogP contribution in [0.25, 0.3) is 11.1 Å². The van der Waals surface area contributed by atoms with Crippen LogP contribution in [0.2, 0.25) is 0 Å². The molecule has 0 spiro atoms. The minimum atomic E-state index is -0.293. The number of ether oxygens (including phenoxy) is 1. The van der Waals surface area contributed by atoms with Crippen molar-refractivity contribution in [3.63, 3.8) is 0 Å². The normalized spacial score (nSPS) is 16.9. The topological polar surface area (TPSA) is 41.7 Å². The van der Waals surface area contributed by atoms with Gasteiger partial charge in [0.05, 0.1) is 5.69 Å². The van der Waals surface area contributed by atoms with Crippen molar-refractivity contribution < 1.29 is 9.26 Å². The molecule has 3 heterocycles. The number of rotatable bonds is 5. The van der Waals surface area contributed by atoms with E-state index in [0.717, 1.165) is 42.2 Å². The fourth-order valence-corrected chi connectivity index (χ4v) is 5.16. The maximum Gasteiger partial charge on any atom is 0.237 e. The van der Waals surface area contributed by atoms with Crippen LogP contribution in [0, 0.1) is 13.8 Å². The first-order valence-electron chi connectivity index (χ1n) is 12.2. The lowest BCUT2D eigenvalue weighted by molar-refractivity contribution is 0.169. The van der Waals surface area contributed by atoms with E-state index in [0.29, 0.717) is 0 Å². The van der Waals surface area contributed by atoms with Crippen LogP contribution in [0.15, 0.2) is 89.8 Å². The van der Waals surface area contributed by atoms with Crippen molar-refractivity contribution in [1.29, 1.82) is 0 Å². The zero-order valence-corrected chi connectivity index (χ0v) is 20.1. The molecule has 0 fully saturated rings. The Morgan fingerprint density at radius 3 is 2.63 bits per heavy atom. The van der Waals surface area contributed by atoms with Gasteiger partial charge in [0.15, 0.2) is 0 Å². The van der Waals surface area contributed by atoms with Crippen LogP contribution in [0.1, 0.15) is 40.6 Å². The van der Waals surface area contributed by atoms with E-state index in [1.807, 2.05) is 24.9 Å². The molecule has 0 aliphatic carbocycles. The predicted molar refractivity (Wildman–Crippen MR) is 139 cm³/mol. The fourth-order valence-electron chi connectivity index (χ4n) is 5.16. The van der Waals surface area contributed by atoms with Crippen molar-refractivity contribution >= 4 is 11.6 Å². The highest BCUT2D eigenvalue weighted by molar-refractivity contribution is 5.69. The summed E-state index contributed by atoms with van der Waals surface area (Å²) < 4.78 is 11.7. The molecule has 5 nitrogen and oxygen atoms in total. The molecule has 6 rings (SSSR count). The zero-order chi connectivity index (χ0) is 23.8. The summed E-state index contributed by atoms with van der Waals surface area (Å²) in [4.78, 5) is 4.53. The molecule has 0 saturated carbocycles. The molecule has 0 N–H and O–H groups in total. The number of benzene rings is 3. The van der Waals surface area contributed by atoms with Gasteiger partial charge >= 0.3 is 0 Å². The van der Waals surface area contributed by atoms with Gasteiger partial charge in [-0.25, -0.2) is 0 Å². The summed E-state index contributed by atoms with van der Waals surface area (Å²) in [5, 5.41) is 4.15. The smallest absolute Gasteiger partial charge is 0.237 e. The SMILES string of the molecule is Cc1noc(N2C=COC2c2ccc(-c3ccccc3)c(CN3CCCc4ccccc43)c2)c1C. The van der Waals surface area contributed by atoms with Crippen LogP contribution in [-0.2, 0) is 17.7 Å². The summed E-state index contributed by atoms with van der Waals surface area (Å²) >= 11 is 0. The Labute approximate surface area is 206 Å². The second-order valence-electron chi connectivity index (χ2n) is 9.32. The van der Waals surface area contributed by atoms with Crippen LogP contribution in [0.3, 0.4) is 0 Å². The van der Waals surface area contributed by atoms with Gasteiger partial charge in [-0.2, -0.15) is 0 Å². The van der Waals surface area contributed by atoms with E-state index in [4.69, 9.17) is 9.26 Å². The van der Waals surface area contributed by atoms with Gasteiger partial charge in [0.2, 0.25) is 12.1 Å². The maximum absolute atomic E-state index is 6.06. The summed E-state index contributed by atoms with van der Waals surface area (Å²) in [6.07, 6.45) is 5.67. The minimum Gasteiger partial charge on any atom is -0.472 e. The molecule has 5 heteroatoms. The second-order valence-corrected chi connectivity index (χ2v) is 9.32. The summed E-state index contributed by atoms with van der Waals surface area (Å²) in [5.41, 5.74) is 9.54. The molecule has 0 amide bonds. The molecule has 2 aliphatic rings. The van der Waals surface area contributed by atoms with Gasteiger partial charge < -0.3 is 14.2 Å². The summed E-state index contributed by atoms with van der Waals surface area (Å²) in [7, 11) is 0. The van der Waals surface area contributed by atoms with Crippen LogP contribution in [0.4, 0.5) is 11.6 Å². The minimum absolute atomic E-state index is 0.293. The Kier molecular flexibility index (Phi) is 5.53. The summed E-state index contributed by atoms with van der Waals surface area (Å²) in [5.74, 6) is 0.722. The van der Waals surface area contributed by atoms with Gasteiger partial charge in [-0.3, -0.25) is 4.90 Å². The quantitative estimate of drug-likeness (QED) is 0.321. The summed E-state index contributed by atoms with van der Waals surface area (Å²) in [6, 6.07) is 26.1. The van der Waals surface area contributed by atoms with E-state index in [2.05, 4.69) is 82.9 Å². The van der Waals surface area contributed by atoms with Crippen molar-refractivity contribution in [3.8, 4) is 11.1 Å². The first-order chi connectivity index (χ1) is 17.2. The number of aromatic nitrogens is 1. The third-order valence-corrected chi connectivity index (χ3v) is 7.12. The number of aryl methyl sites for hydroxylation is 2. The van der Waals surface area contributed by atoms with E-state index >= 15 is 0 Å². The largest absolute Gasteiger partial charge is 0.472 e. The van der Waals surface area contributed by atoms with Crippen molar-refractivity contribution in [3.05, 3.63) is 113 Å². The van der Waals surface area contributed by atoms with E-state index < -0.39 is 0 Å². The number of hydrogen-bond donors (Lipinski definition) is 0. The van der Waals surface area contributed by atoms with E-state index in [1.54, 1.807) is 6.26 Å². The average molecular weight is 464 g/mol. The van der Waals surface area contributed by atoms with Gasteiger partial charge in [-0.05, 0) is 61.1 Å². The monoisotopic (exact) mass is 463 g/mol. The first-order valence-corrected chi connectivity index (χ1v) is 12.2. The van der Waals surface area contributed by atoms with Crippen LogP contribution < -0.4 is 9.80 Å².